The van der Waals surface area contributed by atoms with E-state index in [4.69, 9.17) is 16.3 Å². The van der Waals surface area contributed by atoms with Crippen molar-refractivity contribution >= 4 is 36.3 Å². The van der Waals surface area contributed by atoms with Crippen LogP contribution in [-0.4, -0.2) is 15.4 Å². The van der Waals surface area contributed by atoms with Gasteiger partial charge >= 0.3 is 0 Å². The summed E-state index contributed by atoms with van der Waals surface area (Å²) in [4.78, 5) is 0. The molecule has 0 amide bonds. The molecule has 0 aliphatic rings. The molecule has 0 atom stereocenters. The largest absolute Gasteiger partial charge is 0.376 e. The third-order valence-corrected chi connectivity index (χ3v) is 6.91. The average molecular weight is 335 g/mol. The molecule has 17 heavy (non-hydrogen) atoms. The SMILES string of the molecule is C[Si](C)C(C)(C)COCc1ccc(Cl)cc1Br. The molecule has 0 unspecified atom stereocenters. The van der Waals surface area contributed by atoms with E-state index in [1.54, 1.807) is 0 Å². The maximum atomic E-state index is 5.90. The fourth-order valence-electron chi connectivity index (χ4n) is 1.20. The summed E-state index contributed by atoms with van der Waals surface area (Å²) in [5, 5.41) is 1.05. The predicted octanol–water partition coefficient (Wildman–Crippen LogP) is 5.15. The van der Waals surface area contributed by atoms with Crippen molar-refractivity contribution in [2.45, 2.75) is 38.6 Å². The van der Waals surface area contributed by atoms with Crippen LogP contribution >= 0.6 is 27.5 Å². The molecule has 1 aromatic carbocycles. The quantitative estimate of drug-likeness (QED) is 0.676. The molecule has 1 aromatic rings. The van der Waals surface area contributed by atoms with Crippen LogP contribution in [0.3, 0.4) is 0 Å². The van der Waals surface area contributed by atoms with Crippen LogP contribution in [0, 0.1) is 0 Å². The van der Waals surface area contributed by atoms with Crippen molar-refractivity contribution in [3.63, 3.8) is 0 Å². The highest BCUT2D eigenvalue weighted by Gasteiger charge is 2.23. The highest BCUT2D eigenvalue weighted by molar-refractivity contribution is 9.10. The maximum absolute atomic E-state index is 5.90. The molecule has 0 saturated heterocycles. The van der Waals surface area contributed by atoms with Gasteiger partial charge in [-0.3, -0.25) is 0 Å². The van der Waals surface area contributed by atoms with E-state index in [0.29, 0.717) is 11.6 Å². The number of rotatable bonds is 5. The first-order chi connectivity index (χ1) is 7.83. The summed E-state index contributed by atoms with van der Waals surface area (Å²) >= 11 is 9.40. The van der Waals surface area contributed by atoms with Gasteiger partial charge in [0.25, 0.3) is 0 Å². The van der Waals surface area contributed by atoms with Crippen molar-refractivity contribution < 1.29 is 4.74 Å². The summed E-state index contributed by atoms with van der Waals surface area (Å²) in [6, 6.07) is 5.80. The van der Waals surface area contributed by atoms with Gasteiger partial charge in [-0.1, -0.05) is 60.5 Å². The van der Waals surface area contributed by atoms with E-state index in [9.17, 15) is 0 Å². The van der Waals surface area contributed by atoms with Crippen molar-refractivity contribution in [1.29, 1.82) is 0 Å². The van der Waals surface area contributed by atoms with Gasteiger partial charge in [0.15, 0.2) is 0 Å². The second-order valence-corrected chi connectivity index (χ2v) is 9.76. The third-order valence-electron chi connectivity index (χ3n) is 3.09. The fourth-order valence-corrected chi connectivity index (χ4v) is 2.39. The van der Waals surface area contributed by atoms with Crippen molar-refractivity contribution in [2.24, 2.45) is 0 Å². The summed E-state index contributed by atoms with van der Waals surface area (Å²) < 4.78 is 6.83. The van der Waals surface area contributed by atoms with Crippen molar-refractivity contribution in [3.05, 3.63) is 33.3 Å². The minimum Gasteiger partial charge on any atom is -0.376 e. The van der Waals surface area contributed by atoms with Gasteiger partial charge in [0.2, 0.25) is 0 Å². The zero-order valence-electron chi connectivity index (χ0n) is 10.8. The maximum Gasteiger partial charge on any atom is 0.0727 e. The van der Waals surface area contributed by atoms with E-state index < -0.39 is 0 Å². The highest BCUT2D eigenvalue weighted by atomic mass is 79.9. The molecule has 0 spiro atoms. The molecule has 0 heterocycles. The van der Waals surface area contributed by atoms with Gasteiger partial charge in [0.05, 0.1) is 15.4 Å². The van der Waals surface area contributed by atoms with Crippen LogP contribution in [0.1, 0.15) is 19.4 Å². The molecule has 0 saturated carbocycles. The Hall–Kier alpha value is 0.167. The van der Waals surface area contributed by atoms with E-state index in [0.717, 1.165) is 21.7 Å². The second-order valence-electron chi connectivity index (χ2n) is 5.11. The van der Waals surface area contributed by atoms with Crippen LogP contribution in [0.5, 0.6) is 0 Å². The molecular formula is C13H19BrClOSi. The van der Waals surface area contributed by atoms with Crippen LogP contribution in [-0.2, 0) is 11.3 Å². The Morgan fingerprint density at radius 3 is 2.53 bits per heavy atom. The smallest absolute Gasteiger partial charge is 0.0727 e. The summed E-state index contributed by atoms with van der Waals surface area (Å²) in [5.41, 5.74) is 1.14. The van der Waals surface area contributed by atoms with Gasteiger partial charge in [-0.2, -0.15) is 0 Å². The average Bonchev–Trinajstić information content (AvgIpc) is 2.21. The zero-order chi connectivity index (χ0) is 13.1. The van der Waals surface area contributed by atoms with Crippen LogP contribution < -0.4 is 0 Å². The topological polar surface area (TPSA) is 9.23 Å². The second kappa shape index (κ2) is 6.37. The van der Waals surface area contributed by atoms with Gasteiger partial charge in [0, 0.05) is 16.1 Å². The number of hydrogen-bond donors (Lipinski definition) is 0. The van der Waals surface area contributed by atoms with Crippen LogP contribution in [0.25, 0.3) is 0 Å². The molecule has 95 valence electrons. The summed E-state index contributed by atoms with van der Waals surface area (Å²) in [5.74, 6) is 0. The highest BCUT2D eigenvalue weighted by Crippen LogP contribution is 2.29. The number of ether oxygens (including phenoxy) is 1. The zero-order valence-corrected chi connectivity index (χ0v) is 14.2. The first kappa shape index (κ1) is 15.2. The normalized spacial score (nSPS) is 12.2. The molecular weight excluding hydrogens is 316 g/mol. The minimum atomic E-state index is -0.339. The first-order valence-corrected chi connectivity index (χ1v) is 9.32. The Morgan fingerprint density at radius 1 is 1.35 bits per heavy atom. The Balaban J connectivity index is 2.51. The lowest BCUT2D eigenvalue weighted by atomic mass is 10.2. The van der Waals surface area contributed by atoms with E-state index >= 15 is 0 Å². The van der Waals surface area contributed by atoms with Gasteiger partial charge in [-0.15, -0.1) is 0 Å². The minimum absolute atomic E-state index is 0.309. The van der Waals surface area contributed by atoms with Gasteiger partial charge in [-0.25, -0.2) is 0 Å². The molecule has 0 aliphatic carbocycles. The standard InChI is InChI=1S/C13H19BrClOSi/c1-13(2,17(3)4)9-16-8-10-5-6-11(15)7-12(10)14/h5-7H,8-9H2,1-4H3. The van der Waals surface area contributed by atoms with Crippen molar-refractivity contribution in [2.75, 3.05) is 6.61 Å². The monoisotopic (exact) mass is 333 g/mol. The first-order valence-electron chi connectivity index (χ1n) is 5.65. The van der Waals surface area contributed by atoms with Crippen molar-refractivity contribution in [3.8, 4) is 0 Å². The van der Waals surface area contributed by atoms with E-state index in [2.05, 4.69) is 42.9 Å². The Bertz CT molecular complexity index is 380. The molecule has 0 N–H and O–H groups in total. The number of halogens is 2. The summed E-state index contributed by atoms with van der Waals surface area (Å²) in [6.07, 6.45) is 0. The molecule has 0 aromatic heterocycles. The molecule has 0 aliphatic heterocycles. The van der Waals surface area contributed by atoms with Gasteiger partial charge in [0.1, 0.15) is 0 Å². The Morgan fingerprint density at radius 2 is 2.00 bits per heavy atom. The van der Waals surface area contributed by atoms with Gasteiger partial charge < -0.3 is 4.74 Å². The molecule has 0 fully saturated rings. The third kappa shape index (κ3) is 4.74. The molecule has 1 nitrogen and oxygen atoms in total. The van der Waals surface area contributed by atoms with E-state index in [1.807, 2.05) is 18.2 Å². The number of hydrogen-bond acceptors (Lipinski definition) is 1. The van der Waals surface area contributed by atoms with Crippen LogP contribution in [0.2, 0.25) is 23.2 Å². The van der Waals surface area contributed by atoms with Crippen LogP contribution in [0.4, 0.5) is 0 Å². The van der Waals surface area contributed by atoms with E-state index in [-0.39, 0.29) is 8.80 Å². The van der Waals surface area contributed by atoms with Gasteiger partial charge in [-0.05, 0) is 22.7 Å². The Labute approximate surface area is 119 Å². The van der Waals surface area contributed by atoms with Crippen molar-refractivity contribution in [1.82, 2.24) is 0 Å². The lowest BCUT2D eigenvalue weighted by Gasteiger charge is -2.27. The molecule has 1 radical (unpaired) electrons. The predicted molar refractivity (Wildman–Crippen MR) is 80.3 cm³/mol. The lowest BCUT2D eigenvalue weighted by Crippen LogP contribution is -2.26. The van der Waals surface area contributed by atoms with Crippen LogP contribution in [0.15, 0.2) is 22.7 Å². The summed E-state index contributed by atoms with van der Waals surface area (Å²) in [7, 11) is -0.339. The molecule has 0 bridgehead atoms. The fraction of sp³-hybridized carbons (Fsp3) is 0.538. The lowest BCUT2D eigenvalue weighted by molar-refractivity contribution is 0.100. The summed E-state index contributed by atoms with van der Waals surface area (Å²) in [6.45, 7) is 10.6. The Kier molecular flexibility index (Phi) is 5.70. The molecule has 1 rings (SSSR count). The molecule has 4 heteroatoms. The number of benzene rings is 1. The van der Waals surface area contributed by atoms with E-state index in [1.165, 1.54) is 0 Å².